The van der Waals surface area contributed by atoms with Crippen molar-refractivity contribution in [2.24, 2.45) is 0 Å². The SMILES string of the molecule is CCc1ccc(NC(=O)C(=O)NCC(O)c2ccccc2C(F)(F)F)cc1. The maximum atomic E-state index is 13.0. The standard InChI is InChI=1S/C19H19F3N2O3/c1-2-12-7-9-13(10-8-12)24-18(27)17(26)23-11-16(25)14-5-3-4-6-15(14)19(20,21)22/h3-10,16,25H,2,11H2,1H3,(H,23,26)(H,24,27). The fourth-order valence-electron chi connectivity index (χ4n) is 2.44. The molecular weight excluding hydrogens is 361 g/mol. The molecule has 0 aliphatic rings. The second-order valence-electron chi connectivity index (χ2n) is 5.82. The zero-order valence-electron chi connectivity index (χ0n) is 14.5. The van der Waals surface area contributed by atoms with E-state index in [1.807, 2.05) is 6.92 Å². The van der Waals surface area contributed by atoms with Crippen molar-refractivity contribution in [2.45, 2.75) is 25.6 Å². The molecule has 2 rings (SSSR count). The molecule has 0 radical (unpaired) electrons. The number of benzene rings is 2. The highest BCUT2D eigenvalue weighted by molar-refractivity contribution is 6.39. The first kappa shape index (κ1) is 20.4. The van der Waals surface area contributed by atoms with Crippen LogP contribution in [0.25, 0.3) is 0 Å². The van der Waals surface area contributed by atoms with Crippen LogP contribution < -0.4 is 10.6 Å². The fraction of sp³-hybridized carbons (Fsp3) is 0.263. The minimum atomic E-state index is -4.64. The van der Waals surface area contributed by atoms with Crippen LogP contribution in [0.15, 0.2) is 48.5 Å². The molecule has 144 valence electrons. The Balaban J connectivity index is 1.95. The van der Waals surface area contributed by atoms with Crippen molar-refractivity contribution < 1.29 is 27.9 Å². The maximum Gasteiger partial charge on any atom is 0.416 e. The Labute approximate surface area is 154 Å². The third-order valence-corrected chi connectivity index (χ3v) is 3.91. The van der Waals surface area contributed by atoms with Crippen LogP contribution in [0.1, 0.15) is 29.7 Å². The molecule has 2 aromatic carbocycles. The van der Waals surface area contributed by atoms with Crippen LogP contribution in [0.5, 0.6) is 0 Å². The second-order valence-corrected chi connectivity index (χ2v) is 5.82. The average Bonchev–Trinajstić information content (AvgIpc) is 2.65. The van der Waals surface area contributed by atoms with Crippen molar-refractivity contribution >= 4 is 17.5 Å². The number of aliphatic hydroxyl groups is 1. The van der Waals surface area contributed by atoms with Gasteiger partial charge in [0.15, 0.2) is 0 Å². The summed E-state index contributed by atoms with van der Waals surface area (Å²) in [5.41, 5.74) is 0.104. The smallest absolute Gasteiger partial charge is 0.387 e. The van der Waals surface area contributed by atoms with Crippen LogP contribution in [0.4, 0.5) is 18.9 Å². The van der Waals surface area contributed by atoms with Gasteiger partial charge in [-0.1, -0.05) is 37.3 Å². The lowest BCUT2D eigenvalue weighted by molar-refractivity contribution is -0.139. The highest BCUT2D eigenvalue weighted by atomic mass is 19.4. The summed E-state index contributed by atoms with van der Waals surface area (Å²) in [5.74, 6) is -2.03. The molecule has 0 aliphatic carbocycles. The molecule has 0 spiro atoms. The molecule has 2 aromatic rings. The second kappa shape index (κ2) is 8.68. The van der Waals surface area contributed by atoms with Crippen LogP contribution in [-0.2, 0) is 22.2 Å². The van der Waals surface area contributed by atoms with Crippen LogP contribution in [0.3, 0.4) is 0 Å². The fourth-order valence-corrected chi connectivity index (χ4v) is 2.44. The Bertz CT molecular complexity index is 805. The van der Waals surface area contributed by atoms with E-state index in [4.69, 9.17) is 0 Å². The minimum absolute atomic E-state index is 0.374. The van der Waals surface area contributed by atoms with Crippen molar-refractivity contribution in [3.05, 3.63) is 65.2 Å². The average molecular weight is 380 g/mol. The summed E-state index contributed by atoms with van der Waals surface area (Å²) >= 11 is 0. The van der Waals surface area contributed by atoms with Gasteiger partial charge in [-0.2, -0.15) is 13.2 Å². The lowest BCUT2D eigenvalue weighted by Gasteiger charge is -2.17. The van der Waals surface area contributed by atoms with Crippen LogP contribution in [-0.4, -0.2) is 23.5 Å². The quantitative estimate of drug-likeness (QED) is 0.698. The van der Waals surface area contributed by atoms with Crippen molar-refractivity contribution in [3.63, 3.8) is 0 Å². The number of aliphatic hydroxyl groups excluding tert-OH is 1. The molecule has 0 fully saturated rings. The number of alkyl halides is 3. The first-order valence-corrected chi connectivity index (χ1v) is 8.24. The van der Waals surface area contributed by atoms with Crippen molar-refractivity contribution in [1.82, 2.24) is 5.32 Å². The zero-order valence-corrected chi connectivity index (χ0v) is 14.5. The Hall–Kier alpha value is -2.87. The van der Waals surface area contributed by atoms with Crippen LogP contribution >= 0.6 is 0 Å². The first-order valence-electron chi connectivity index (χ1n) is 8.24. The summed E-state index contributed by atoms with van der Waals surface area (Å²) in [6, 6.07) is 11.4. The molecule has 0 saturated heterocycles. The third kappa shape index (κ3) is 5.55. The molecule has 8 heteroatoms. The number of hydrogen-bond donors (Lipinski definition) is 3. The highest BCUT2D eigenvalue weighted by Crippen LogP contribution is 2.34. The van der Waals surface area contributed by atoms with E-state index in [2.05, 4.69) is 10.6 Å². The summed E-state index contributed by atoms with van der Waals surface area (Å²) in [5, 5.41) is 14.5. The Kier molecular flexibility index (Phi) is 6.57. The van der Waals surface area contributed by atoms with Gasteiger partial charge in [-0.15, -0.1) is 0 Å². The number of amides is 2. The van der Waals surface area contributed by atoms with Crippen molar-refractivity contribution in [3.8, 4) is 0 Å². The normalized spacial score (nSPS) is 12.3. The monoisotopic (exact) mass is 380 g/mol. The van der Waals surface area contributed by atoms with Gasteiger partial charge in [-0.05, 0) is 35.7 Å². The largest absolute Gasteiger partial charge is 0.416 e. The summed E-state index contributed by atoms with van der Waals surface area (Å²) in [6.07, 6.45) is -5.42. The van der Waals surface area contributed by atoms with Gasteiger partial charge in [0.1, 0.15) is 0 Å². The molecule has 27 heavy (non-hydrogen) atoms. The van der Waals surface area contributed by atoms with E-state index in [0.29, 0.717) is 5.69 Å². The predicted molar refractivity (Wildman–Crippen MR) is 93.9 cm³/mol. The topological polar surface area (TPSA) is 78.4 Å². The lowest BCUT2D eigenvalue weighted by Crippen LogP contribution is -2.37. The Morgan fingerprint density at radius 1 is 1.04 bits per heavy atom. The summed E-state index contributed by atoms with van der Waals surface area (Å²) in [4.78, 5) is 23.7. The molecule has 3 N–H and O–H groups in total. The molecule has 0 heterocycles. The van der Waals surface area contributed by atoms with Gasteiger partial charge in [-0.3, -0.25) is 9.59 Å². The van der Waals surface area contributed by atoms with E-state index in [1.165, 1.54) is 12.1 Å². The van der Waals surface area contributed by atoms with Gasteiger partial charge in [-0.25, -0.2) is 0 Å². The van der Waals surface area contributed by atoms with E-state index in [1.54, 1.807) is 24.3 Å². The van der Waals surface area contributed by atoms with E-state index in [0.717, 1.165) is 24.1 Å². The molecule has 2 amide bonds. The molecule has 0 aromatic heterocycles. The number of rotatable bonds is 5. The Morgan fingerprint density at radius 3 is 2.26 bits per heavy atom. The third-order valence-electron chi connectivity index (χ3n) is 3.91. The number of anilines is 1. The summed E-state index contributed by atoms with van der Waals surface area (Å²) in [6.45, 7) is 1.44. The summed E-state index contributed by atoms with van der Waals surface area (Å²) in [7, 11) is 0. The van der Waals surface area contributed by atoms with Crippen LogP contribution in [0, 0.1) is 0 Å². The Morgan fingerprint density at radius 2 is 1.67 bits per heavy atom. The van der Waals surface area contributed by atoms with Crippen molar-refractivity contribution in [2.75, 3.05) is 11.9 Å². The first-order chi connectivity index (χ1) is 12.7. The zero-order chi connectivity index (χ0) is 20.0. The van der Waals surface area contributed by atoms with Gasteiger partial charge < -0.3 is 15.7 Å². The molecule has 0 bridgehead atoms. The number of carbonyl (C=O) groups excluding carboxylic acids is 2. The molecule has 5 nitrogen and oxygen atoms in total. The van der Waals surface area contributed by atoms with E-state index in [-0.39, 0.29) is 5.56 Å². The van der Waals surface area contributed by atoms with E-state index < -0.39 is 36.2 Å². The lowest BCUT2D eigenvalue weighted by atomic mass is 10.0. The maximum absolute atomic E-state index is 13.0. The van der Waals surface area contributed by atoms with Gasteiger partial charge in [0.25, 0.3) is 0 Å². The highest BCUT2D eigenvalue weighted by Gasteiger charge is 2.34. The van der Waals surface area contributed by atoms with Gasteiger partial charge in [0, 0.05) is 12.2 Å². The number of aryl methyl sites for hydroxylation is 1. The molecule has 1 atom stereocenters. The van der Waals surface area contributed by atoms with Crippen molar-refractivity contribution in [1.29, 1.82) is 0 Å². The van der Waals surface area contributed by atoms with Crippen LogP contribution in [0.2, 0.25) is 0 Å². The molecule has 1 unspecified atom stereocenters. The molecule has 0 saturated carbocycles. The minimum Gasteiger partial charge on any atom is -0.387 e. The molecule has 0 aliphatic heterocycles. The van der Waals surface area contributed by atoms with Gasteiger partial charge >= 0.3 is 18.0 Å². The van der Waals surface area contributed by atoms with E-state index in [9.17, 15) is 27.9 Å². The predicted octanol–water partition coefficient (Wildman–Crippen LogP) is 3.06. The van der Waals surface area contributed by atoms with Gasteiger partial charge in [0.05, 0.1) is 11.7 Å². The number of halogens is 3. The number of carbonyl (C=O) groups is 2. The summed E-state index contributed by atoms with van der Waals surface area (Å²) < 4.78 is 38.9. The number of nitrogens with one attached hydrogen (secondary N) is 2. The molecular formula is C19H19F3N2O3. The van der Waals surface area contributed by atoms with E-state index >= 15 is 0 Å². The van der Waals surface area contributed by atoms with Gasteiger partial charge in [0.2, 0.25) is 0 Å². The number of hydrogen-bond acceptors (Lipinski definition) is 3.